The lowest BCUT2D eigenvalue weighted by Crippen LogP contribution is -2.35. The topological polar surface area (TPSA) is 66.0 Å². The van der Waals surface area contributed by atoms with Crippen molar-refractivity contribution in [1.82, 2.24) is 15.0 Å². The zero-order valence-electron chi connectivity index (χ0n) is 8.55. The van der Waals surface area contributed by atoms with Gasteiger partial charge in [0.2, 0.25) is 0 Å². The van der Waals surface area contributed by atoms with E-state index >= 15 is 0 Å². The highest BCUT2D eigenvalue weighted by Gasteiger charge is 2.33. The van der Waals surface area contributed by atoms with Crippen LogP contribution >= 0.6 is 0 Å². The van der Waals surface area contributed by atoms with Crippen molar-refractivity contribution in [1.29, 1.82) is 0 Å². The highest BCUT2D eigenvalue weighted by molar-refractivity contribution is 5.00. The molecule has 1 aliphatic rings. The maximum absolute atomic E-state index is 5.71. The number of hydrogen-bond acceptors (Lipinski definition) is 4. The minimum absolute atomic E-state index is 0.0511. The van der Waals surface area contributed by atoms with Crippen LogP contribution in [0.2, 0.25) is 0 Å². The van der Waals surface area contributed by atoms with E-state index in [-0.39, 0.29) is 12.1 Å². The molecule has 1 aromatic rings. The molecule has 14 heavy (non-hydrogen) atoms. The summed E-state index contributed by atoms with van der Waals surface area (Å²) in [6.07, 6.45) is 4.42. The molecule has 3 unspecified atom stereocenters. The zero-order chi connectivity index (χ0) is 10.1. The standard InChI is InChI=1S/C9H16N4O/c1-6(10)7-5-13(12-11-7)8-3-4-9(8)14-2/h5-6,8-9H,3-4,10H2,1-2H3. The summed E-state index contributed by atoms with van der Waals surface area (Å²) in [5.41, 5.74) is 6.55. The molecule has 1 heterocycles. The monoisotopic (exact) mass is 196 g/mol. The van der Waals surface area contributed by atoms with Crippen LogP contribution in [0.3, 0.4) is 0 Å². The number of hydrogen-bond donors (Lipinski definition) is 1. The van der Waals surface area contributed by atoms with Gasteiger partial charge in [-0.1, -0.05) is 5.21 Å². The second-order valence-corrected chi connectivity index (χ2v) is 3.83. The number of methoxy groups -OCH3 is 1. The van der Waals surface area contributed by atoms with E-state index in [1.807, 2.05) is 17.8 Å². The number of nitrogens with zero attached hydrogens (tertiary/aromatic N) is 3. The summed E-state index contributed by atoms with van der Waals surface area (Å²) in [7, 11) is 1.74. The first kappa shape index (κ1) is 9.61. The Bertz CT molecular complexity index is 308. The van der Waals surface area contributed by atoms with Crippen LogP contribution in [-0.2, 0) is 4.74 Å². The Morgan fingerprint density at radius 3 is 2.86 bits per heavy atom. The Kier molecular flexibility index (Phi) is 2.52. The van der Waals surface area contributed by atoms with Crippen LogP contribution in [-0.4, -0.2) is 28.2 Å². The lowest BCUT2D eigenvalue weighted by molar-refractivity contribution is -0.0145. The molecule has 2 rings (SSSR count). The fraction of sp³-hybridized carbons (Fsp3) is 0.778. The Morgan fingerprint density at radius 1 is 1.64 bits per heavy atom. The molecule has 0 amide bonds. The molecule has 1 fully saturated rings. The summed E-state index contributed by atoms with van der Waals surface area (Å²) in [5.74, 6) is 0. The summed E-state index contributed by atoms with van der Waals surface area (Å²) in [6.45, 7) is 1.91. The SMILES string of the molecule is COC1CCC1n1cc(C(C)N)nn1. The molecule has 0 spiro atoms. The highest BCUT2D eigenvalue weighted by atomic mass is 16.5. The van der Waals surface area contributed by atoms with Gasteiger partial charge in [-0.15, -0.1) is 5.10 Å². The first-order valence-electron chi connectivity index (χ1n) is 4.92. The molecular formula is C9H16N4O. The molecule has 1 aromatic heterocycles. The predicted molar refractivity (Wildman–Crippen MR) is 51.7 cm³/mol. The Morgan fingerprint density at radius 2 is 2.43 bits per heavy atom. The quantitative estimate of drug-likeness (QED) is 0.770. The van der Waals surface area contributed by atoms with Crippen molar-refractivity contribution >= 4 is 0 Å². The Labute approximate surface area is 83.2 Å². The second kappa shape index (κ2) is 3.67. The molecule has 2 N–H and O–H groups in total. The lowest BCUT2D eigenvalue weighted by atomic mass is 9.89. The minimum Gasteiger partial charge on any atom is -0.379 e. The maximum Gasteiger partial charge on any atom is 0.0991 e. The van der Waals surface area contributed by atoms with Crippen molar-refractivity contribution < 1.29 is 4.74 Å². The van der Waals surface area contributed by atoms with E-state index in [1.165, 1.54) is 0 Å². The van der Waals surface area contributed by atoms with Gasteiger partial charge < -0.3 is 10.5 Å². The van der Waals surface area contributed by atoms with Gasteiger partial charge in [-0.25, -0.2) is 4.68 Å². The fourth-order valence-electron chi connectivity index (χ4n) is 1.69. The summed E-state index contributed by atoms with van der Waals surface area (Å²) in [4.78, 5) is 0. The second-order valence-electron chi connectivity index (χ2n) is 3.83. The van der Waals surface area contributed by atoms with Crippen molar-refractivity contribution in [2.75, 3.05) is 7.11 Å². The third-order valence-corrected chi connectivity index (χ3v) is 2.81. The Balaban J connectivity index is 2.09. The molecule has 78 valence electrons. The van der Waals surface area contributed by atoms with Crippen LogP contribution in [0.25, 0.3) is 0 Å². The van der Waals surface area contributed by atoms with Crippen molar-refractivity contribution in [3.8, 4) is 0 Å². The Hall–Kier alpha value is -0.940. The largest absolute Gasteiger partial charge is 0.379 e. The van der Waals surface area contributed by atoms with E-state index in [0.717, 1.165) is 18.5 Å². The molecule has 0 radical (unpaired) electrons. The van der Waals surface area contributed by atoms with Gasteiger partial charge >= 0.3 is 0 Å². The lowest BCUT2D eigenvalue weighted by Gasteiger charge is -2.34. The molecule has 0 aliphatic heterocycles. The van der Waals surface area contributed by atoms with Gasteiger partial charge in [0.1, 0.15) is 0 Å². The van der Waals surface area contributed by atoms with Gasteiger partial charge in [-0.3, -0.25) is 0 Å². The van der Waals surface area contributed by atoms with Gasteiger partial charge in [0, 0.05) is 13.2 Å². The van der Waals surface area contributed by atoms with Crippen molar-refractivity contribution in [3.05, 3.63) is 11.9 Å². The van der Waals surface area contributed by atoms with E-state index in [0.29, 0.717) is 6.04 Å². The summed E-state index contributed by atoms with van der Waals surface area (Å²) < 4.78 is 7.17. The molecule has 5 heteroatoms. The van der Waals surface area contributed by atoms with Crippen molar-refractivity contribution in [2.45, 2.75) is 38.0 Å². The molecule has 3 atom stereocenters. The van der Waals surface area contributed by atoms with Crippen LogP contribution in [0.15, 0.2) is 6.20 Å². The normalized spacial score (nSPS) is 28.5. The number of nitrogens with two attached hydrogens (primary N) is 1. The van der Waals surface area contributed by atoms with Crippen LogP contribution in [0, 0.1) is 0 Å². The average Bonchev–Trinajstić information content (AvgIpc) is 2.52. The van der Waals surface area contributed by atoms with Crippen molar-refractivity contribution in [3.63, 3.8) is 0 Å². The molecule has 1 aliphatic carbocycles. The van der Waals surface area contributed by atoms with E-state index in [1.54, 1.807) is 7.11 Å². The first-order chi connectivity index (χ1) is 6.72. The molecule has 0 saturated heterocycles. The summed E-state index contributed by atoms with van der Waals surface area (Å²) in [5, 5.41) is 8.08. The van der Waals surface area contributed by atoms with Crippen molar-refractivity contribution in [2.24, 2.45) is 5.73 Å². The van der Waals surface area contributed by atoms with E-state index < -0.39 is 0 Å². The van der Waals surface area contributed by atoms with Gasteiger partial charge in [0.25, 0.3) is 0 Å². The van der Waals surface area contributed by atoms with Crippen LogP contribution in [0.5, 0.6) is 0 Å². The molecule has 5 nitrogen and oxygen atoms in total. The van der Waals surface area contributed by atoms with Gasteiger partial charge in [0.05, 0.1) is 24.0 Å². The number of rotatable bonds is 3. The van der Waals surface area contributed by atoms with E-state index in [4.69, 9.17) is 10.5 Å². The minimum atomic E-state index is -0.0511. The van der Waals surface area contributed by atoms with E-state index in [2.05, 4.69) is 10.3 Å². The number of ether oxygens (including phenoxy) is 1. The molecular weight excluding hydrogens is 180 g/mol. The first-order valence-corrected chi connectivity index (χ1v) is 4.92. The maximum atomic E-state index is 5.71. The average molecular weight is 196 g/mol. The molecule has 1 saturated carbocycles. The summed E-state index contributed by atoms with van der Waals surface area (Å²) in [6, 6.07) is 0.296. The number of aromatic nitrogens is 3. The highest BCUT2D eigenvalue weighted by Crippen LogP contribution is 2.33. The van der Waals surface area contributed by atoms with E-state index in [9.17, 15) is 0 Å². The van der Waals surface area contributed by atoms with Crippen LogP contribution in [0.4, 0.5) is 0 Å². The van der Waals surface area contributed by atoms with Crippen LogP contribution < -0.4 is 5.73 Å². The van der Waals surface area contributed by atoms with Crippen LogP contribution in [0.1, 0.15) is 37.5 Å². The molecule has 0 aromatic carbocycles. The van der Waals surface area contributed by atoms with Gasteiger partial charge in [0.15, 0.2) is 0 Å². The van der Waals surface area contributed by atoms with Gasteiger partial charge in [-0.2, -0.15) is 0 Å². The predicted octanol–water partition coefficient (Wildman–Crippen LogP) is 0.648. The third-order valence-electron chi connectivity index (χ3n) is 2.81. The molecule has 0 bridgehead atoms. The third kappa shape index (κ3) is 1.53. The smallest absolute Gasteiger partial charge is 0.0991 e. The van der Waals surface area contributed by atoms with Gasteiger partial charge in [-0.05, 0) is 19.8 Å². The fourth-order valence-corrected chi connectivity index (χ4v) is 1.69. The zero-order valence-corrected chi connectivity index (χ0v) is 8.55. The summed E-state index contributed by atoms with van der Waals surface area (Å²) >= 11 is 0.